The largest absolute Gasteiger partial charge is 0.475 e. The second-order valence-corrected chi connectivity index (χ2v) is 10.2. The molecular formula is C21H24ClN4O10P. The standard InChI is InChI=1S/C21H24ClN4O10P/c1-11(27)33-17-16(35-21(18(17)34-12(2)28)26-10-24-20(25-26)19(23)29)9-32-37(30)31-7-6-15(36-37)13-4-3-5-14(22)8-13/h3-5,8,10,15-18,21H,6-7,9H2,1-2H3,(H2,23,29)/t15-,16+,17+,18+,21+,37+/m0/s1. The molecule has 1 aromatic carbocycles. The lowest BCUT2D eigenvalue weighted by molar-refractivity contribution is -0.166. The van der Waals surface area contributed by atoms with Crippen LogP contribution in [0.3, 0.4) is 0 Å². The van der Waals surface area contributed by atoms with E-state index >= 15 is 0 Å². The second kappa shape index (κ2) is 11.3. The highest BCUT2D eigenvalue weighted by molar-refractivity contribution is 7.48. The Hall–Kier alpha value is -2.87. The van der Waals surface area contributed by atoms with Crippen molar-refractivity contribution < 1.29 is 46.7 Å². The summed E-state index contributed by atoms with van der Waals surface area (Å²) in [5, 5.41) is 4.42. The van der Waals surface area contributed by atoms with Crippen molar-refractivity contribution in [2.45, 2.75) is 50.9 Å². The summed E-state index contributed by atoms with van der Waals surface area (Å²) in [6.45, 7) is 1.95. The van der Waals surface area contributed by atoms with Crippen LogP contribution in [0.4, 0.5) is 0 Å². The third-order valence-corrected chi connectivity index (χ3v) is 7.09. The van der Waals surface area contributed by atoms with Gasteiger partial charge in [0.25, 0.3) is 5.91 Å². The molecule has 0 spiro atoms. The molecule has 2 aromatic rings. The first-order valence-corrected chi connectivity index (χ1v) is 12.9. The van der Waals surface area contributed by atoms with Gasteiger partial charge in [-0.2, -0.15) is 0 Å². The van der Waals surface area contributed by atoms with E-state index in [2.05, 4.69) is 10.1 Å². The van der Waals surface area contributed by atoms with Gasteiger partial charge in [0.15, 0.2) is 18.4 Å². The highest BCUT2D eigenvalue weighted by Crippen LogP contribution is 2.57. The maximum atomic E-state index is 13.2. The number of ether oxygens (including phenoxy) is 3. The van der Waals surface area contributed by atoms with Crippen LogP contribution in [0.2, 0.25) is 5.02 Å². The fourth-order valence-electron chi connectivity index (χ4n) is 3.89. The summed E-state index contributed by atoms with van der Waals surface area (Å²) in [7, 11) is -4.08. The average molecular weight is 559 g/mol. The molecule has 2 fully saturated rings. The van der Waals surface area contributed by atoms with Crippen LogP contribution in [-0.4, -0.2) is 64.1 Å². The normalized spacial score (nSPS) is 29.5. The molecule has 0 saturated carbocycles. The second-order valence-electron chi connectivity index (χ2n) is 8.14. The van der Waals surface area contributed by atoms with E-state index in [1.807, 2.05) is 0 Å². The molecule has 2 aliphatic rings. The Labute approximate surface area is 215 Å². The molecule has 0 bridgehead atoms. The Balaban J connectivity index is 1.53. The number of amides is 1. The Morgan fingerprint density at radius 1 is 1.22 bits per heavy atom. The Morgan fingerprint density at radius 2 is 1.95 bits per heavy atom. The van der Waals surface area contributed by atoms with Crippen LogP contribution in [-0.2, 0) is 41.9 Å². The van der Waals surface area contributed by atoms with Crippen molar-refractivity contribution in [2.24, 2.45) is 5.73 Å². The van der Waals surface area contributed by atoms with Crippen LogP contribution in [0.5, 0.6) is 0 Å². The van der Waals surface area contributed by atoms with Crippen LogP contribution in [0, 0.1) is 0 Å². The van der Waals surface area contributed by atoms with E-state index in [1.165, 1.54) is 0 Å². The van der Waals surface area contributed by atoms with Crippen LogP contribution < -0.4 is 5.73 Å². The van der Waals surface area contributed by atoms with E-state index < -0.39 is 62.9 Å². The molecule has 2 aliphatic heterocycles. The zero-order valence-corrected chi connectivity index (χ0v) is 21.4. The highest BCUT2D eigenvalue weighted by atomic mass is 35.5. The molecule has 1 aromatic heterocycles. The number of aromatic nitrogens is 3. The number of primary amides is 1. The molecule has 16 heteroatoms. The number of phosphoric ester groups is 1. The van der Waals surface area contributed by atoms with Gasteiger partial charge in [-0.1, -0.05) is 23.7 Å². The van der Waals surface area contributed by atoms with E-state index in [0.717, 1.165) is 24.9 Å². The summed E-state index contributed by atoms with van der Waals surface area (Å²) in [6.07, 6.45) is -3.76. The number of benzene rings is 1. The van der Waals surface area contributed by atoms with Crippen molar-refractivity contribution in [1.29, 1.82) is 0 Å². The SMILES string of the molecule is CC(=O)O[C@@H]1[C@H](OC(C)=O)[C@@H](CO[P@@]2(=O)OCC[C@@H](c3cccc(Cl)c3)O2)O[C@H]1n1cnc(C(N)=O)n1. The molecule has 14 nitrogen and oxygen atoms in total. The van der Waals surface area contributed by atoms with Crippen LogP contribution in [0.15, 0.2) is 30.6 Å². The van der Waals surface area contributed by atoms with Crippen molar-refractivity contribution >= 4 is 37.3 Å². The minimum Gasteiger partial charge on any atom is -0.456 e. The molecular weight excluding hydrogens is 535 g/mol. The number of carbonyl (C=O) groups excluding carboxylic acids is 3. The predicted octanol–water partition coefficient (Wildman–Crippen LogP) is 2.09. The van der Waals surface area contributed by atoms with Crippen molar-refractivity contribution in [1.82, 2.24) is 14.8 Å². The molecule has 200 valence electrons. The first-order valence-electron chi connectivity index (χ1n) is 11.1. The fraction of sp³-hybridized carbons (Fsp3) is 0.476. The third kappa shape index (κ3) is 6.53. The highest BCUT2D eigenvalue weighted by Gasteiger charge is 2.52. The lowest BCUT2D eigenvalue weighted by atomic mass is 10.1. The van der Waals surface area contributed by atoms with Gasteiger partial charge in [0.2, 0.25) is 5.82 Å². The molecule has 2 N–H and O–H groups in total. The monoisotopic (exact) mass is 558 g/mol. The number of hydrogen-bond acceptors (Lipinski definition) is 12. The topological polar surface area (TPSA) is 180 Å². The van der Waals surface area contributed by atoms with Gasteiger partial charge in [-0.05, 0) is 17.7 Å². The maximum absolute atomic E-state index is 13.2. The minimum absolute atomic E-state index is 0.0842. The molecule has 6 atom stereocenters. The zero-order chi connectivity index (χ0) is 26.7. The van der Waals surface area contributed by atoms with E-state index in [9.17, 15) is 18.9 Å². The number of hydrogen-bond donors (Lipinski definition) is 1. The average Bonchev–Trinajstić information content (AvgIpc) is 3.43. The fourth-order valence-corrected chi connectivity index (χ4v) is 5.49. The van der Waals surface area contributed by atoms with Gasteiger partial charge in [0.1, 0.15) is 12.4 Å². The van der Waals surface area contributed by atoms with E-state index in [0.29, 0.717) is 17.0 Å². The molecule has 4 rings (SSSR count). The molecule has 1 amide bonds. The first-order chi connectivity index (χ1) is 17.5. The number of phosphoric acid groups is 1. The first kappa shape index (κ1) is 27.2. The van der Waals surface area contributed by atoms with Crippen molar-refractivity contribution in [3.63, 3.8) is 0 Å². The molecule has 3 heterocycles. The van der Waals surface area contributed by atoms with E-state index in [4.69, 9.17) is 45.1 Å². The number of nitrogens with zero attached hydrogens (tertiary/aromatic N) is 3. The van der Waals surface area contributed by atoms with E-state index in [-0.39, 0.29) is 12.4 Å². The Bertz CT molecular complexity index is 1230. The number of rotatable bonds is 8. The predicted molar refractivity (Wildman–Crippen MR) is 123 cm³/mol. The van der Waals surface area contributed by atoms with Gasteiger partial charge in [-0.15, -0.1) is 5.10 Å². The van der Waals surface area contributed by atoms with Gasteiger partial charge in [0, 0.05) is 25.3 Å². The summed E-state index contributed by atoms with van der Waals surface area (Å²) in [4.78, 5) is 38.9. The van der Waals surface area contributed by atoms with Crippen LogP contribution >= 0.6 is 19.4 Å². The van der Waals surface area contributed by atoms with Crippen LogP contribution in [0.1, 0.15) is 48.8 Å². The van der Waals surface area contributed by atoms with Gasteiger partial charge in [-0.25, -0.2) is 14.2 Å². The summed E-state index contributed by atoms with van der Waals surface area (Å²) in [5.41, 5.74) is 5.90. The lowest BCUT2D eigenvalue weighted by Crippen LogP contribution is -2.40. The van der Waals surface area contributed by atoms with Crippen molar-refractivity contribution in [3.05, 3.63) is 47.0 Å². The number of esters is 2. The Morgan fingerprint density at radius 3 is 2.59 bits per heavy atom. The summed E-state index contributed by atoms with van der Waals surface area (Å²) < 4.78 is 47.4. The minimum atomic E-state index is -4.08. The van der Waals surface area contributed by atoms with Gasteiger partial charge in [-0.3, -0.25) is 28.0 Å². The summed E-state index contributed by atoms with van der Waals surface area (Å²) in [6, 6.07) is 6.90. The number of halogens is 1. The maximum Gasteiger partial charge on any atom is 0.475 e. The van der Waals surface area contributed by atoms with Crippen molar-refractivity contribution in [2.75, 3.05) is 13.2 Å². The molecule has 2 saturated heterocycles. The van der Waals surface area contributed by atoms with Crippen molar-refractivity contribution in [3.8, 4) is 0 Å². The molecule has 37 heavy (non-hydrogen) atoms. The lowest BCUT2D eigenvalue weighted by Gasteiger charge is -2.30. The Kier molecular flexibility index (Phi) is 8.26. The number of nitrogens with two attached hydrogens (primary N) is 1. The van der Waals surface area contributed by atoms with Crippen LogP contribution in [0.25, 0.3) is 0 Å². The van der Waals surface area contributed by atoms with Gasteiger partial charge >= 0.3 is 19.8 Å². The van der Waals surface area contributed by atoms with E-state index in [1.54, 1.807) is 24.3 Å². The molecule has 0 radical (unpaired) electrons. The molecule has 0 unspecified atom stereocenters. The number of carbonyl (C=O) groups is 3. The zero-order valence-electron chi connectivity index (χ0n) is 19.7. The van der Waals surface area contributed by atoms with Gasteiger partial charge in [0.05, 0.1) is 19.3 Å². The smallest absolute Gasteiger partial charge is 0.456 e. The van der Waals surface area contributed by atoms with Gasteiger partial charge < -0.3 is 19.9 Å². The molecule has 0 aliphatic carbocycles. The summed E-state index contributed by atoms with van der Waals surface area (Å²) in [5.74, 6) is -2.61. The quantitative estimate of drug-likeness (QED) is 0.368. The third-order valence-electron chi connectivity index (χ3n) is 5.38. The summed E-state index contributed by atoms with van der Waals surface area (Å²) >= 11 is 6.05.